The van der Waals surface area contributed by atoms with Crippen molar-refractivity contribution in [3.8, 4) is 0 Å². The zero-order valence-electron chi connectivity index (χ0n) is 19.5. The van der Waals surface area contributed by atoms with E-state index in [9.17, 15) is 18.3 Å². The van der Waals surface area contributed by atoms with Crippen LogP contribution in [0, 0.1) is 5.92 Å². The van der Waals surface area contributed by atoms with Crippen LogP contribution in [0.15, 0.2) is 29.4 Å². The van der Waals surface area contributed by atoms with Gasteiger partial charge >= 0.3 is 0 Å². The molecule has 0 aliphatic rings. The average Bonchev–Trinajstić information content (AvgIpc) is 2.69. The van der Waals surface area contributed by atoms with Gasteiger partial charge in [-0.2, -0.15) is 15.0 Å². The van der Waals surface area contributed by atoms with Crippen molar-refractivity contribution in [3.63, 3.8) is 0 Å². The average molecular weight is 497 g/mol. The number of anilines is 2. The molecule has 2 atom stereocenters. The van der Waals surface area contributed by atoms with E-state index >= 15 is 0 Å². The van der Waals surface area contributed by atoms with Crippen LogP contribution in [0.25, 0.3) is 0 Å². The van der Waals surface area contributed by atoms with E-state index in [1.165, 1.54) is 18.7 Å². The minimum Gasteiger partial charge on any atom is -0.394 e. The molecule has 1 amide bonds. The van der Waals surface area contributed by atoms with Crippen molar-refractivity contribution in [1.82, 2.24) is 20.3 Å². The second-order valence-electron chi connectivity index (χ2n) is 8.25. The minimum atomic E-state index is -3.58. The molecule has 0 radical (unpaired) electrons. The first kappa shape index (κ1) is 26.8. The molecule has 0 unspecified atom stereocenters. The summed E-state index contributed by atoms with van der Waals surface area (Å²) in [6.07, 6.45) is 1.71. The smallest absolute Gasteiger partial charge is 0.242 e. The summed E-state index contributed by atoms with van der Waals surface area (Å²) in [5, 5.41) is 15.9. The van der Waals surface area contributed by atoms with Crippen LogP contribution in [-0.4, -0.2) is 53.3 Å². The van der Waals surface area contributed by atoms with E-state index in [4.69, 9.17) is 0 Å². The van der Waals surface area contributed by atoms with Crippen LogP contribution in [0.3, 0.4) is 0 Å². The largest absolute Gasteiger partial charge is 0.394 e. The Labute approximate surface area is 199 Å². The van der Waals surface area contributed by atoms with Gasteiger partial charge in [-0.15, -0.1) is 0 Å². The summed E-state index contributed by atoms with van der Waals surface area (Å²) in [4.78, 5) is 24.1. The Hall–Kier alpha value is -2.44. The Bertz CT molecular complexity index is 1050. The van der Waals surface area contributed by atoms with Gasteiger partial charge < -0.3 is 15.7 Å². The predicted octanol–water partition coefficient (Wildman–Crippen LogP) is 2.55. The number of rotatable bonds is 12. The zero-order chi connectivity index (χ0) is 24.6. The highest BCUT2D eigenvalue weighted by atomic mass is 32.2. The van der Waals surface area contributed by atoms with Crippen LogP contribution in [0.5, 0.6) is 0 Å². The molecular weight excluding hydrogens is 464 g/mol. The number of thioether (sulfide) groups is 1. The minimum absolute atomic E-state index is 0.0910. The number of aromatic nitrogens is 3. The molecule has 2 aromatic rings. The van der Waals surface area contributed by atoms with Crippen LogP contribution in [0.1, 0.15) is 51.3 Å². The van der Waals surface area contributed by atoms with Crippen molar-refractivity contribution >= 4 is 39.6 Å². The predicted molar refractivity (Wildman–Crippen MR) is 130 cm³/mol. The zero-order valence-corrected chi connectivity index (χ0v) is 21.1. The molecule has 10 nitrogen and oxygen atoms in total. The third-order valence-corrected chi connectivity index (χ3v) is 5.91. The Morgan fingerprint density at radius 2 is 1.85 bits per heavy atom. The first-order chi connectivity index (χ1) is 15.4. The van der Waals surface area contributed by atoms with Crippen LogP contribution in [-0.2, 0) is 20.6 Å². The Kier molecular flexibility index (Phi) is 9.87. The lowest BCUT2D eigenvalue weighted by molar-refractivity contribution is -0.119. The van der Waals surface area contributed by atoms with Gasteiger partial charge in [-0.05, 0) is 30.4 Å². The SMILES string of the molecule is CC(=O)N[C@H](C)c1cccc(CSc2nc(N[C@@H](CO)CC(C)C)nc(NS(C)(=O)=O)n2)c1. The van der Waals surface area contributed by atoms with Crippen LogP contribution < -0.4 is 15.4 Å². The number of aliphatic hydroxyl groups excluding tert-OH is 1. The highest BCUT2D eigenvalue weighted by molar-refractivity contribution is 7.98. The number of aliphatic hydroxyl groups is 1. The maximum absolute atomic E-state index is 11.7. The number of carbonyl (C=O) groups is 1. The molecule has 1 aromatic carbocycles. The quantitative estimate of drug-likeness (QED) is 0.326. The van der Waals surface area contributed by atoms with E-state index in [2.05, 4.69) is 30.3 Å². The number of sulfonamides is 1. The number of nitrogens with zero attached hydrogens (tertiary/aromatic N) is 3. The fourth-order valence-corrected chi connectivity index (χ4v) is 4.32. The fourth-order valence-electron chi connectivity index (χ4n) is 3.12. The summed E-state index contributed by atoms with van der Waals surface area (Å²) >= 11 is 1.32. The third kappa shape index (κ3) is 9.93. The number of carbonyl (C=O) groups excluding carboxylic acids is 1. The van der Waals surface area contributed by atoms with Crippen LogP contribution in [0.4, 0.5) is 11.9 Å². The topological polar surface area (TPSA) is 146 Å². The summed E-state index contributed by atoms with van der Waals surface area (Å²) in [7, 11) is -3.58. The van der Waals surface area contributed by atoms with E-state index in [1.54, 1.807) is 0 Å². The lowest BCUT2D eigenvalue weighted by Gasteiger charge is -2.18. The summed E-state index contributed by atoms with van der Waals surface area (Å²) < 4.78 is 25.7. The van der Waals surface area contributed by atoms with Gasteiger partial charge in [0.25, 0.3) is 0 Å². The van der Waals surface area contributed by atoms with Gasteiger partial charge in [0.1, 0.15) is 0 Å². The molecule has 0 fully saturated rings. The van der Waals surface area contributed by atoms with Crippen molar-refractivity contribution in [2.75, 3.05) is 22.9 Å². The molecule has 0 spiro atoms. The number of amides is 1. The third-order valence-electron chi connectivity index (χ3n) is 4.44. The molecule has 0 bridgehead atoms. The number of hydrogen-bond acceptors (Lipinski definition) is 9. The van der Waals surface area contributed by atoms with Gasteiger partial charge in [-0.25, -0.2) is 8.42 Å². The molecule has 0 aliphatic heterocycles. The maximum Gasteiger partial charge on any atom is 0.242 e. The Morgan fingerprint density at radius 3 is 2.45 bits per heavy atom. The summed E-state index contributed by atoms with van der Waals surface area (Å²) in [5.41, 5.74) is 1.97. The summed E-state index contributed by atoms with van der Waals surface area (Å²) in [6, 6.07) is 7.41. The second-order valence-corrected chi connectivity index (χ2v) is 10.9. The monoisotopic (exact) mass is 496 g/mol. The summed E-state index contributed by atoms with van der Waals surface area (Å²) in [5.74, 6) is 0.860. The van der Waals surface area contributed by atoms with Crippen molar-refractivity contribution in [2.45, 2.75) is 57.1 Å². The van der Waals surface area contributed by atoms with Crippen LogP contribution in [0.2, 0.25) is 0 Å². The molecule has 2 rings (SSSR count). The lowest BCUT2D eigenvalue weighted by Crippen LogP contribution is -2.27. The molecule has 4 N–H and O–H groups in total. The first-order valence-corrected chi connectivity index (χ1v) is 13.4. The van der Waals surface area contributed by atoms with E-state index < -0.39 is 10.0 Å². The van der Waals surface area contributed by atoms with E-state index in [0.29, 0.717) is 23.2 Å². The van der Waals surface area contributed by atoms with Crippen molar-refractivity contribution < 1.29 is 18.3 Å². The molecule has 1 aromatic heterocycles. The van der Waals surface area contributed by atoms with Gasteiger partial charge in [0.2, 0.25) is 27.8 Å². The van der Waals surface area contributed by atoms with Crippen molar-refractivity contribution in [1.29, 1.82) is 0 Å². The molecule has 1 heterocycles. The van der Waals surface area contributed by atoms with Crippen molar-refractivity contribution in [3.05, 3.63) is 35.4 Å². The highest BCUT2D eigenvalue weighted by Gasteiger charge is 2.16. The first-order valence-electron chi connectivity index (χ1n) is 10.5. The number of nitrogens with one attached hydrogen (secondary N) is 3. The van der Waals surface area contributed by atoms with Crippen molar-refractivity contribution in [2.24, 2.45) is 5.92 Å². The van der Waals surface area contributed by atoms with Gasteiger partial charge in [0.05, 0.1) is 24.9 Å². The summed E-state index contributed by atoms with van der Waals surface area (Å²) in [6.45, 7) is 7.36. The van der Waals surface area contributed by atoms with Gasteiger partial charge in [-0.3, -0.25) is 9.52 Å². The lowest BCUT2D eigenvalue weighted by atomic mass is 10.0. The highest BCUT2D eigenvalue weighted by Crippen LogP contribution is 2.24. The van der Waals surface area contributed by atoms with E-state index in [0.717, 1.165) is 17.4 Å². The molecular formula is C21H32N6O4S2. The Balaban J connectivity index is 2.22. The van der Waals surface area contributed by atoms with Gasteiger partial charge in [0.15, 0.2) is 5.16 Å². The fraction of sp³-hybridized carbons (Fsp3) is 0.524. The normalized spacial score (nSPS) is 13.4. The van der Waals surface area contributed by atoms with Gasteiger partial charge in [0, 0.05) is 12.7 Å². The Morgan fingerprint density at radius 1 is 1.15 bits per heavy atom. The molecule has 12 heteroatoms. The molecule has 182 valence electrons. The van der Waals surface area contributed by atoms with E-state index in [1.807, 2.05) is 45.0 Å². The standard InChI is InChI=1S/C21H32N6O4S2/c1-13(2)9-18(11-28)23-19-24-20(27-33(5,30)31)26-21(25-19)32-12-16-7-6-8-17(10-16)14(3)22-15(4)29/h6-8,10,13-14,18,28H,9,11-12H2,1-5H3,(H,22,29)(H2,23,24,25,26,27)/t14-,18-/m1/s1. The molecule has 0 aliphatic carbocycles. The molecule has 0 saturated heterocycles. The van der Waals surface area contributed by atoms with Gasteiger partial charge in [-0.1, -0.05) is 49.9 Å². The van der Waals surface area contributed by atoms with E-state index in [-0.39, 0.29) is 36.5 Å². The molecule has 33 heavy (non-hydrogen) atoms. The number of hydrogen-bond donors (Lipinski definition) is 4. The maximum atomic E-state index is 11.7. The van der Waals surface area contributed by atoms with Crippen LogP contribution >= 0.6 is 11.8 Å². The molecule has 0 saturated carbocycles. The number of benzene rings is 1. The second kappa shape index (κ2) is 12.1.